The first-order valence-corrected chi connectivity index (χ1v) is 5.59. The lowest BCUT2D eigenvalue weighted by Crippen LogP contribution is -2.43. The summed E-state index contributed by atoms with van der Waals surface area (Å²) in [7, 11) is 2.25. The highest BCUT2D eigenvalue weighted by molar-refractivity contribution is 4.86. The van der Waals surface area contributed by atoms with Gasteiger partial charge in [0.2, 0.25) is 0 Å². The van der Waals surface area contributed by atoms with Gasteiger partial charge < -0.3 is 5.32 Å². The topological polar surface area (TPSA) is 15.3 Å². The molecule has 1 aliphatic rings. The van der Waals surface area contributed by atoms with Crippen molar-refractivity contribution in [1.82, 2.24) is 10.2 Å². The Morgan fingerprint density at radius 3 is 2.46 bits per heavy atom. The van der Waals surface area contributed by atoms with Gasteiger partial charge in [0.25, 0.3) is 0 Å². The maximum Gasteiger partial charge on any atom is 0.0192 e. The first-order valence-electron chi connectivity index (χ1n) is 5.59. The quantitative estimate of drug-likeness (QED) is 0.676. The molecule has 0 aromatic carbocycles. The molecule has 0 aromatic rings. The molecule has 2 heteroatoms. The fraction of sp³-hybridized carbons (Fsp3) is 1.00. The molecule has 0 bridgehead atoms. The summed E-state index contributed by atoms with van der Waals surface area (Å²) in [6, 6.07) is 1.43. The molecule has 0 saturated heterocycles. The van der Waals surface area contributed by atoms with Crippen LogP contribution in [0.3, 0.4) is 0 Å². The summed E-state index contributed by atoms with van der Waals surface area (Å²) < 4.78 is 0. The zero-order chi connectivity index (χ0) is 9.84. The van der Waals surface area contributed by atoms with E-state index in [0.29, 0.717) is 6.04 Å². The van der Waals surface area contributed by atoms with Gasteiger partial charge >= 0.3 is 0 Å². The Morgan fingerprint density at radius 1 is 1.38 bits per heavy atom. The zero-order valence-corrected chi connectivity index (χ0v) is 9.51. The maximum absolute atomic E-state index is 3.40. The first-order chi connectivity index (χ1) is 6.16. The van der Waals surface area contributed by atoms with Crippen molar-refractivity contribution in [2.45, 2.75) is 45.7 Å². The van der Waals surface area contributed by atoms with Gasteiger partial charge in [-0.1, -0.05) is 6.92 Å². The largest absolute Gasteiger partial charge is 0.315 e. The molecule has 1 N–H and O–H groups in total. The molecule has 2 atom stereocenters. The van der Waals surface area contributed by atoms with Gasteiger partial charge in [0, 0.05) is 18.6 Å². The third-order valence-corrected chi connectivity index (χ3v) is 3.33. The van der Waals surface area contributed by atoms with E-state index in [9.17, 15) is 0 Å². The van der Waals surface area contributed by atoms with Crippen molar-refractivity contribution in [2.24, 2.45) is 5.92 Å². The monoisotopic (exact) mass is 184 g/mol. The Morgan fingerprint density at radius 2 is 2.00 bits per heavy atom. The number of hydrogen-bond donors (Lipinski definition) is 1. The lowest BCUT2D eigenvalue weighted by atomic mass is 10.1. The Labute approximate surface area is 82.7 Å². The van der Waals surface area contributed by atoms with E-state index >= 15 is 0 Å². The summed E-state index contributed by atoms with van der Waals surface area (Å²) >= 11 is 0. The molecule has 78 valence electrons. The van der Waals surface area contributed by atoms with Crippen LogP contribution in [0.5, 0.6) is 0 Å². The van der Waals surface area contributed by atoms with E-state index in [4.69, 9.17) is 0 Å². The van der Waals surface area contributed by atoms with E-state index < -0.39 is 0 Å². The van der Waals surface area contributed by atoms with Crippen LogP contribution in [0.1, 0.15) is 33.6 Å². The second-order valence-corrected chi connectivity index (χ2v) is 4.40. The molecular formula is C11H24N2. The Kier molecular flexibility index (Phi) is 4.20. The molecule has 2 nitrogen and oxygen atoms in total. The Hall–Kier alpha value is -0.0800. The first kappa shape index (κ1) is 11.0. The van der Waals surface area contributed by atoms with E-state index in [2.05, 4.69) is 38.0 Å². The molecule has 1 fully saturated rings. The summed E-state index contributed by atoms with van der Waals surface area (Å²) in [5.74, 6) is 0.981. The minimum absolute atomic E-state index is 0.663. The van der Waals surface area contributed by atoms with Crippen molar-refractivity contribution in [2.75, 3.05) is 20.1 Å². The second-order valence-electron chi connectivity index (χ2n) is 4.40. The standard InChI is InChI=1S/C11H24N2/c1-5-12-8-9(2)13(4)10(3)11-6-7-11/h9-12H,5-8H2,1-4H3. The highest BCUT2D eigenvalue weighted by Gasteiger charge is 2.31. The predicted molar refractivity (Wildman–Crippen MR) is 58.0 cm³/mol. The lowest BCUT2D eigenvalue weighted by molar-refractivity contribution is 0.175. The smallest absolute Gasteiger partial charge is 0.0192 e. The van der Waals surface area contributed by atoms with Gasteiger partial charge in [-0.05, 0) is 46.2 Å². The van der Waals surface area contributed by atoms with Gasteiger partial charge in [-0.2, -0.15) is 0 Å². The molecular weight excluding hydrogens is 160 g/mol. The van der Waals surface area contributed by atoms with Crippen LogP contribution in [0.15, 0.2) is 0 Å². The molecule has 1 saturated carbocycles. The fourth-order valence-electron chi connectivity index (χ4n) is 1.81. The molecule has 13 heavy (non-hydrogen) atoms. The second kappa shape index (κ2) is 4.97. The SMILES string of the molecule is CCNCC(C)N(C)C(C)C1CC1. The van der Waals surface area contributed by atoms with Crippen LogP contribution in [0.25, 0.3) is 0 Å². The molecule has 1 aliphatic carbocycles. The van der Waals surface area contributed by atoms with Gasteiger partial charge in [-0.25, -0.2) is 0 Å². The van der Waals surface area contributed by atoms with Crippen molar-refractivity contribution >= 4 is 0 Å². The van der Waals surface area contributed by atoms with E-state index in [1.54, 1.807) is 0 Å². The molecule has 2 unspecified atom stereocenters. The summed E-state index contributed by atoms with van der Waals surface area (Å²) in [5, 5.41) is 3.40. The van der Waals surface area contributed by atoms with Crippen LogP contribution in [0, 0.1) is 5.92 Å². The number of likely N-dealkylation sites (N-methyl/N-ethyl adjacent to an activating group) is 2. The van der Waals surface area contributed by atoms with E-state index in [0.717, 1.165) is 25.0 Å². The van der Waals surface area contributed by atoms with Crippen molar-refractivity contribution < 1.29 is 0 Å². The molecule has 0 heterocycles. The molecule has 0 radical (unpaired) electrons. The maximum atomic E-state index is 3.40. The number of nitrogens with zero attached hydrogens (tertiary/aromatic N) is 1. The van der Waals surface area contributed by atoms with Crippen molar-refractivity contribution in [3.63, 3.8) is 0 Å². The van der Waals surface area contributed by atoms with Crippen LogP contribution < -0.4 is 5.32 Å². The highest BCUT2D eigenvalue weighted by Crippen LogP contribution is 2.35. The third kappa shape index (κ3) is 3.28. The summed E-state index contributed by atoms with van der Waals surface area (Å²) in [5.41, 5.74) is 0. The van der Waals surface area contributed by atoms with E-state index in [1.807, 2.05) is 0 Å². The predicted octanol–water partition coefficient (Wildman–Crippen LogP) is 1.71. The average molecular weight is 184 g/mol. The summed E-state index contributed by atoms with van der Waals surface area (Å²) in [6.45, 7) is 9.03. The lowest BCUT2D eigenvalue weighted by Gasteiger charge is -2.31. The third-order valence-electron chi connectivity index (χ3n) is 3.33. The van der Waals surface area contributed by atoms with Crippen LogP contribution in [-0.4, -0.2) is 37.1 Å². The Bertz CT molecular complexity index is 143. The number of hydrogen-bond acceptors (Lipinski definition) is 2. The normalized spacial score (nSPS) is 21.9. The minimum Gasteiger partial charge on any atom is -0.315 e. The van der Waals surface area contributed by atoms with Crippen molar-refractivity contribution in [1.29, 1.82) is 0 Å². The molecule has 0 aliphatic heterocycles. The van der Waals surface area contributed by atoms with E-state index in [1.165, 1.54) is 12.8 Å². The highest BCUT2D eigenvalue weighted by atomic mass is 15.2. The van der Waals surface area contributed by atoms with E-state index in [-0.39, 0.29) is 0 Å². The fourth-order valence-corrected chi connectivity index (χ4v) is 1.81. The van der Waals surface area contributed by atoms with Gasteiger partial charge in [-0.3, -0.25) is 4.90 Å². The van der Waals surface area contributed by atoms with Crippen LogP contribution in [0.4, 0.5) is 0 Å². The van der Waals surface area contributed by atoms with Gasteiger partial charge in [0.15, 0.2) is 0 Å². The molecule has 0 spiro atoms. The summed E-state index contributed by atoms with van der Waals surface area (Å²) in [4.78, 5) is 2.51. The molecule has 0 amide bonds. The van der Waals surface area contributed by atoms with Crippen molar-refractivity contribution in [3.05, 3.63) is 0 Å². The number of nitrogens with one attached hydrogen (secondary N) is 1. The molecule has 1 rings (SSSR count). The zero-order valence-electron chi connectivity index (χ0n) is 9.51. The average Bonchev–Trinajstić information content (AvgIpc) is 2.94. The van der Waals surface area contributed by atoms with Crippen LogP contribution in [0.2, 0.25) is 0 Å². The summed E-state index contributed by atoms with van der Waals surface area (Å²) in [6.07, 6.45) is 2.89. The molecule has 0 aromatic heterocycles. The minimum atomic E-state index is 0.663. The van der Waals surface area contributed by atoms with Crippen molar-refractivity contribution in [3.8, 4) is 0 Å². The number of rotatable bonds is 6. The van der Waals surface area contributed by atoms with Gasteiger partial charge in [0.05, 0.1) is 0 Å². The van der Waals surface area contributed by atoms with Gasteiger partial charge in [0.1, 0.15) is 0 Å². The van der Waals surface area contributed by atoms with Crippen LogP contribution >= 0.6 is 0 Å². The van der Waals surface area contributed by atoms with Gasteiger partial charge in [-0.15, -0.1) is 0 Å². The van der Waals surface area contributed by atoms with Crippen LogP contribution in [-0.2, 0) is 0 Å². The Balaban J connectivity index is 2.23.